The lowest BCUT2D eigenvalue weighted by Crippen LogP contribution is -2.22. The van der Waals surface area contributed by atoms with Crippen LogP contribution in [-0.4, -0.2) is 40.9 Å². The summed E-state index contributed by atoms with van der Waals surface area (Å²) in [6.07, 6.45) is 0.898. The summed E-state index contributed by atoms with van der Waals surface area (Å²) < 4.78 is 0. The van der Waals surface area contributed by atoms with Crippen molar-refractivity contribution in [1.82, 2.24) is 4.90 Å². The van der Waals surface area contributed by atoms with Crippen LogP contribution in [0.2, 0.25) is 0 Å². The number of hydrogen-bond donors (Lipinski definition) is 1. The molecule has 0 unspecified atom stereocenters. The third-order valence-corrected chi connectivity index (χ3v) is 2.75. The van der Waals surface area contributed by atoms with Crippen LogP contribution in [-0.2, 0) is 11.2 Å². The van der Waals surface area contributed by atoms with Gasteiger partial charge in [0.05, 0.1) is 4.92 Å². The predicted molar refractivity (Wildman–Crippen MR) is 71.7 cm³/mol. The van der Waals surface area contributed by atoms with E-state index in [1.54, 1.807) is 6.07 Å². The lowest BCUT2D eigenvalue weighted by Gasteiger charge is -2.11. The number of nitrogens with zero attached hydrogens (tertiary/aromatic N) is 2. The number of benzene rings is 1. The highest BCUT2D eigenvalue weighted by Crippen LogP contribution is 2.22. The van der Waals surface area contributed by atoms with E-state index < -0.39 is 16.8 Å². The molecule has 0 saturated carbocycles. The molecule has 0 bridgehead atoms. The first-order chi connectivity index (χ1) is 9.32. The summed E-state index contributed by atoms with van der Waals surface area (Å²) in [7, 11) is 3.03. The van der Waals surface area contributed by atoms with E-state index in [-0.39, 0.29) is 17.7 Å². The van der Waals surface area contributed by atoms with Crippen molar-refractivity contribution in [1.29, 1.82) is 0 Å². The fraction of sp³-hybridized carbons (Fsp3) is 0.385. The first kappa shape index (κ1) is 15.6. The molecule has 0 heterocycles. The van der Waals surface area contributed by atoms with Gasteiger partial charge in [-0.05, 0) is 24.5 Å². The molecule has 0 radical (unpaired) electrons. The smallest absolute Gasteiger partial charge is 0.303 e. The maximum atomic E-state index is 11.9. The number of carboxylic acid groups (broad SMARTS) is 1. The van der Waals surface area contributed by atoms with Crippen molar-refractivity contribution in [3.8, 4) is 0 Å². The van der Waals surface area contributed by atoms with E-state index in [9.17, 15) is 19.7 Å². The number of nitro groups is 1. The van der Waals surface area contributed by atoms with Crippen LogP contribution >= 0.6 is 0 Å². The minimum absolute atomic E-state index is 0.0211. The molecule has 1 aromatic carbocycles. The molecule has 7 heteroatoms. The summed E-state index contributed by atoms with van der Waals surface area (Å²) in [5.74, 6) is -1.34. The first-order valence-corrected chi connectivity index (χ1v) is 6.03. The zero-order chi connectivity index (χ0) is 15.3. The minimum Gasteiger partial charge on any atom is -0.481 e. The Hall–Kier alpha value is -2.44. The molecular formula is C13H16N2O5. The predicted octanol–water partition coefficient (Wildman–Crippen LogP) is 1.70. The van der Waals surface area contributed by atoms with E-state index in [1.807, 2.05) is 0 Å². The Morgan fingerprint density at radius 3 is 2.50 bits per heavy atom. The SMILES string of the molecule is CN(C)C(=O)c1cc(CCCC(=O)O)ccc1[N+](=O)[O-]. The highest BCUT2D eigenvalue weighted by atomic mass is 16.6. The van der Waals surface area contributed by atoms with Crippen molar-refractivity contribution in [2.24, 2.45) is 0 Å². The maximum absolute atomic E-state index is 11.9. The van der Waals surface area contributed by atoms with Gasteiger partial charge in [0.1, 0.15) is 5.56 Å². The van der Waals surface area contributed by atoms with Gasteiger partial charge in [-0.2, -0.15) is 0 Å². The largest absolute Gasteiger partial charge is 0.481 e. The zero-order valence-electron chi connectivity index (χ0n) is 11.3. The van der Waals surface area contributed by atoms with Crippen LogP contribution in [0.1, 0.15) is 28.8 Å². The number of rotatable bonds is 6. The van der Waals surface area contributed by atoms with E-state index in [4.69, 9.17) is 5.11 Å². The van der Waals surface area contributed by atoms with Crippen LogP contribution < -0.4 is 0 Å². The third-order valence-electron chi connectivity index (χ3n) is 2.75. The van der Waals surface area contributed by atoms with Gasteiger partial charge in [0.25, 0.3) is 11.6 Å². The molecule has 0 fully saturated rings. The van der Waals surface area contributed by atoms with E-state index in [0.717, 1.165) is 0 Å². The number of carbonyl (C=O) groups is 2. The van der Waals surface area contributed by atoms with Gasteiger partial charge in [0.2, 0.25) is 0 Å². The lowest BCUT2D eigenvalue weighted by atomic mass is 10.0. The molecular weight excluding hydrogens is 264 g/mol. The number of aliphatic carboxylic acids is 1. The summed E-state index contributed by atoms with van der Waals surface area (Å²) in [6.45, 7) is 0. The summed E-state index contributed by atoms with van der Waals surface area (Å²) in [4.78, 5) is 34.0. The minimum atomic E-state index is -0.892. The molecule has 1 N–H and O–H groups in total. The van der Waals surface area contributed by atoms with E-state index in [1.165, 1.54) is 31.1 Å². The summed E-state index contributed by atoms with van der Waals surface area (Å²) in [5, 5.41) is 19.5. The summed E-state index contributed by atoms with van der Waals surface area (Å²) >= 11 is 0. The Labute approximate surface area is 116 Å². The monoisotopic (exact) mass is 280 g/mol. The van der Waals surface area contributed by atoms with Crippen molar-refractivity contribution in [2.75, 3.05) is 14.1 Å². The van der Waals surface area contributed by atoms with Crippen LogP contribution in [0.25, 0.3) is 0 Å². The average molecular weight is 280 g/mol. The van der Waals surface area contributed by atoms with Gasteiger partial charge in [-0.15, -0.1) is 0 Å². The number of carboxylic acids is 1. The average Bonchev–Trinajstić information content (AvgIpc) is 2.36. The van der Waals surface area contributed by atoms with Gasteiger partial charge in [-0.1, -0.05) is 6.07 Å². The van der Waals surface area contributed by atoms with Gasteiger partial charge in [-0.3, -0.25) is 19.7 Å². The van der Waals surface area contributed by atoms with Gasteiger partial charge < -0.3 is 10.0 Å². The van der Waals surface area contributed by atoms with E-state index in [2.05, 4.69) is 0 Å². The Kier molecular flexibility index (Phi) is 5.19. The fourth-order valence-corrected chi connectivity index (χ4v) is 1.75. The second-order valence-corrected chi connectivity index (χ2v) is 4.56. The fourth-order valence-electron chi connectivity index (χ4n) is 1.75. The van der Waals surface area contributed by atoms with Crippen LogP contribution in [0.4, 0.5) is 5.69 Å². The van der Waals surface area contributed by atoms with Crippen molar-refractivity contribution < 1.29 is 19.6 Å². The topological polar surface area (TPSA) is 101 Å². The number of nitro benzene ring substituents is 1. The van der Waals surface area contributed by atoms with Crippen LogP contribution in [0.15, 0.2) is 18.2 Å². The molecule has 7 nitrogen and oxygen atoms in total. The van der Waals surface area contributed by atoms with E-state index in [0.29, 0.717) is 18.4 Å². The standard InChI is InChI=1S/C13H16N2O5/c1-14(2)13(18)10-8-9(4-3-5-12(16)17)6-7-11(10)15(19)20/h6-8H,3-5H2,1-2H3,(H,16,17). The van der Waals surface area contributed by atoms with Crippen LogP contribution in [0.3, 0.4) is 0 Å². The Balaban J connectivity index is 3.01. The Bertz CT molecular complexity index is 540. The van der Waals surface area contributed by atoms with Gasteiger partial charge in [-0.25, -0.2) is 0 Å². The molecule has 0 atom stereocenters. The Morgan fingerprint density at radius 1 is 1.35 bits per heavy atom. The van der Waals surface area contributed by atoms with Crippen LogP contribution in [0, 0.1) is 10.1 Å². The molecule has 0 aromatic heterocycles. The molecule has 108 valence electrons. The van der Waals surface area contributed by atoms with Crippen molar-refractivity contribution in [3.63, 3.8) is 0 Å². The van der Waals surface area contributed by atoms with Crippen molar-refractivity contribution in [3.05, 3.63) is 39.4 Å². The normalized spacial score (nSPS) is 10.1. The third kappa shape index (κ3) is 4.04. The van der Waals surface area contributed by atoms with Crippen molar-refractivity contribution in [2.45, 2.75) is 19.3 Å². The number of amides is 1. The van der Waals surface area contributed by atoms with Gasteiger partial charge in [0, 0.05) is 26.6 Å². The van der Waals surface area contributed by atoms with Gasteiger partial charge in [0.15, 0.2) is 0 Å². The summed E-state index contributed by atoms with van der Waals surface area (Å²) in [6, 6.07) is 4.29. The lowest BCUT2D eigenvalue weighted by molar-refractivity contribution is -0.385. The molecule has 0 aliphatic heterocycles. The molecule has 1 amide bonds. The molecule has 0 saturated heterocycles. The second-order valence-electron chi connectivity index (χ2n) is 4.56. The highest BCUT2D eigenvalue weighted by Gasteiger charge is 2.21. The quantitative estimate of drug-likeness (QED) is 0.631. The first-order valence-electron chi connectivity index (χ1n) is 6.03. The number of hydrogen-bond acceptors (Lipinski definition) is 4. The van der Waals surface area contributed by atoms with Crippen LogP contribution in [0.5, 0.6) is 0 Å². The Morgan fingerprint density at radius 2 is 2.00 bits per heavy atom. The molecule has 1 aromatic rings. The van der Waals surface area contributed by atoms with Gasteiger partial charge >= 0.3 is 5.97 Å². The number of carbonyl (C=O) groups excluding carboxylic acids is 1. The molecule has 1 rings (SSSR count). The highest BCUT2D eigenvalue weighted by molar-refractivity contribution is 5.98. The van der Waals surface area contributed by atoms with E-state index >= 15 is 0 Å². The zero-order valence-corrected chi connectivity index (χ0v) is 11.3. The summed E-state index contributed by atoms with van der Waals surface area (Å²) in [5.41, 5.74) is 0.487. The van der Waals surface area contributed by atoms with Crippen molar-refractivity contribution >= 4 is 17.6 Å². The molecule has 20 heavy (non-hydrogen) atoms. The maximum Gasteiger partial charge on any atom is 0.303 e. The second kappa shape index (κ2) is 6.65. The molecule has 0 spiro atoms. The molecule has 0 aliphatic carbocycles. The molecule has 0 aliphatic rings. The number of aryl methyl sites for hydroxylation is 1.